The SMILES string of the molecule is CC(C)(C)OC(=O)CCc1ccc(C(=O)/C=C/c2ccc(-c3ccc(O)c(C(=O)O)c3)o2)cc1. The quantitative estimate of drug-likeness (QED) is 0.257. The first kappa shape index (κ1) is 24.5. The molecule has 0 aliphatic carbocycles. The van der Waals surface area contributed by atoms with E-state index in [9.17, 15) is 19.5 Å². The first-order valence-electron chi connectivity index (χ1n) is 10.7. The van der Waals surface area contributed by atoms with Gasteiger partial charge in [0, 0.05) is 17.5 Å². The molecule has 1 aromatic heterocycles. The number of phenols is 1. The molecular formula is C27H26O7. The summed E-state index contributed by atoms with van der Waals surface area (Å²) < 4.78 is 11.0. The van der Waals surface area contributed by atoms with Gasteiger partial charge in [-0.2, -0.15) is 0 Å². The van der Waals surface area contributed by atoms with E-state index in [0.717, 1.165) is 5.56 Å². The molecule has 1 heterocycles. The van der Waals surface area contributed by atoms with E-state index in [1.165, 1.54) is 24.3 Å². The highest BCUT2D eigenvalue weighted by atomic mass is 16.6. The Morgan fingerprint density at radius 3 is 2.35 bits per heavy atom. The summed E-state index contributed by atoms with van der Waals surface area (Å²) in [6, 6.07) is 14.5. The number of aromatic hydroxyl groups is 1. The van der Waals surface area contributed by atoms with Crippen molar-refractivity contribution in [3.63, 3.8) is 0 Å². The van der Waals surface area contributed by atoms with E-state index in [-0.39, 0.29) is 29.5 Å². The Bertz CT molecular complexity index is 1220. The Morgan fingerprint density at radius 1 is 1.00 bits per heavy atom. The molecule has 0 fully saturated rings. The maximum absolute atomic E-state index is 12.5. The Balaban J connectivity index is 1.61. The Hall–Kier alpha value is -4.13. The van der Waals surface area contributed by atoms with Crippen LogP contribution in [0, 0.1) is 0 Å². The van der Waals surface area contributed by atoms with Gasteiger partial charge in [-0.3, -0.25) is 9.59 Å². The molecule has 0 atom stereocenters. The van der Waals surface area contributed by atoms with Crippen LogP contribution in [-0.4, -0.2) is 33.5 Å². The minimum atomic E-state index is -1.24. The maximum atomic E-state index is 12.5. The number of esters is 1. The highest BCUT2D eigenvalue weighted by molar-refractivity contribution is 6.06. The van der Waals surface area contributed by atoms with Crippen molar-refractivity contribution in [1.82, 2.24) is 0 Å². The number of carbonyl (C=O) groups excluding carboxylic acids is 2. The van der Waals surface area contributed by atoms with Gasteiger partial charge in [0.05, 0.1) is 0 Å². The van der Waals surface area contributed by atoms with Crippen LogP contribution < -0.4 is 0 Å². The van der Waals surface area contributed by atoms with Crippen molar-refractivity contribution in [3.8, 4) is 17.1 Å². The number of furan rings is 1. The van der Waals surface area contributed by atoms with Gasteiger partial charge in [0.2, 0.25) is 0 Å². The summed E-state index contributed by atoms with van der Waals surface area (Å²) >= 11 is 0. The largest absolute Gasteiger partial charge is 0.507 e. The van der Waals surface area contributed by atoms with Gasteiger partial charge in [0.1, 0.15) is 28.4 Å². The third-order valence-electron chi connectivity index (χ3n) is 4.81. The molecule has 7 nitrogen and oxygen atoms in total. The van der Waals surface area contributed by atoms with Crippen molar-refractivity contribution in [2.45, 2.75) is 39.2 Å². The molecule has 2 aromatic carbocycles. The lowest BCUT2D eigenvalue weighted by Crippen LogP contribution is -2.24. The zero-order valence-corrected chi connectivity index (χ0v) is 19.2. The molecule has 0 aliphatic rings. The van der Waals surface area contributed by atoms with Crippen molar-refractivity contribution in [3.05, 3.63) is 83.1 Å². The van der Waals surface area contributed by atoms with Gasteiger partial charge in [-0.15, -0.1) is 0 Å². The smallest absolute Gasteiger partial charge is 0.339 e. The molecular weight excluding hydrogens is 436 g/mol. The average Bonchev–Trinajstić information content (AvgIpc) is 3.24. The van der Waals surface area contributed by atoms with Crippen LogP contribution in [0.25, 0.3) is 17.4 Å². The van der Waals surface area contributed by atoms with Crippen molar-refractivity contribution < 1.29 is 33.8 Å². The second-order valence-corrected chi connectivity index (χ2v) is 8.72. The Labute approximate surface area is 197 Å². The van der Waals surface area contributed by atoms with Crippen LogP contribution in [0.15, 0.2) is 65.1 Å². The van der Waals surface area contributed by atoms with E-state index in [0.29, 0.717) is 29.1 Å². The van der Waals surface area contributed by atoms with Crippen LogP contribution in [0.4, 0.5) is 0 Å². The average molecular weight is 462 g/mol. The number of carboxylic acid groups (broad SMARTS) is 1. The summed E-state index contributed by atoms with van der Waals surface area (Å²) in [4.78, 5) is 35.5. The second kappa shape index (κ2) is 10.2. The lowest BCUT2D eigenvalue weighted by Gasteiger charge is -2.19. The number of carbonyl (C=O) groups is 3. The molecule has 0 saturated heterocycles. The third-order valence-corrected chi connectivity index (χ3v) is 4.81. The van der Waals surface area contributed by atoms with Crippen molar-refractivity contribution in [2.75, 3.05) is 0 Å². The topological polar surface area (TPSA) is 114 Å². The normalized spacial score (nSPS) is 11.5. The maximum Gasteiger partial charge on any atom is 0.339 e. The van der Waals surface area contributed by atoms with E-state index in [2.05, 4.69) is 0 Å². The van der Waals surface area contributed by atoms with E-state index in [1.807, 2.05) is 20.8 Å². The lowest BCUT2D eigenvalue weighted by atomic mass is 10.0. The number of ketones is 1. The zero-order valence-electron chi connectivity index (χ0n) is 19.2. The summed E-state index contributed by atoms with van der Waals surface area (Å²) in [5.41, 5.74) is 1.17. The van der Waals surface area contributed by atoms with E-state index >= 15 is 0 Å². The highest BCUT2D eigenvalue weighted by Crippen LogP contribution is 2.28. The second-order valence-electron chi connectivity index (χ2n) is 8.72. The van der Waals surface area contributed by atoms with Crippen LogP contribution >= 0.6 is 0 Å². The van der Waals surface area contributed by atoms with Crippen molar-refractivity contribution in [2.24, 2.45) is 0 Å². The molecule has 0 radical (unpaired) electrons. The van der Waals surface area contributed by atoms with Crippen LogP contribution in [0.5, 0.6) is 5.75 Å². The Morgan fingerprint density at radius 2 is 1.71 bits per heavy atom. The summed E-state index contributed by atoms with van der Waals surface area (Å²) in [6.45, 7) is 5.47. The first-order chi connectivity index (χ1) is 16.0. The predicted molar refractivity (Wildman–Crippen MR) is 127 cm³/mol. The lowest BCUT2D eigenvalue weighted by molar-refractivity contribution is -0.154. The summed E-state index contributed by atoms with van der Waals surface area (Å²) in [5, 5.41) is 18.8. The highest BCUT2D eigenvalue weighted by Gasteiger charge is 2.16. The molecule has 0 aliphatic heterocycles. The molecule has 0 spiro atoms. The minimum absolute atomic E-state index is 0.213. The molecule has 7 heteroatoms. The molecule has 0 saturated carbocycles. The van der Waals surface area contributed by atoms with Gasteiger partial charge in [0.15, 0.2) is 5.78 Å². The van der Waals surface area contributed by atoms with Crippen molar-refractivity contribution >= 4 is 23.8 Å². The minimum Gasteiger partial charge on any atom is -0.507 e. The first-order valence-corrected chi connectivity index (χ1v) is 10.7. The fourth-order valence-corrected chi connectivity index (χ4v) is 3.19. The number of aromatic carboxylic acids is 1. The number of allylic oxidation sites excluding steroid dienone is 1. The summed E-state index contributed by atoms with van der Waals surface area (Å²) in [5.74, 6) is -1.22. The molecule has 0 unspecified atom stereocenters. The number of benzene rings is 2. The number of hydrogen-bond donors (Lipinski definition) is 2. The Kier molecular flexibility index (Phi) is 7.36. The van der Waals surface area contributed by atoms with Gasteiger partial charge >= 0.3 is 11.9 Å². The van der Waals surface area contributed by atoms with Gasteiger partial charge in [0.25, 0.3) is 0 Å². The predicted octanol–water partition coefficient (Wildman–Crippen LogP) is 5.52. The number of ether oxygens (including phenoxy) is 1. The van der Waals surface area contributed by atoms with E-state index < -0.39 is 11.6 Å². The van der Waals surface area contributed by atoms with Crippen LogP contribution in [0.1, 0.15) is 59.2 Å². The van der Waals surface area contributed by atoms with Crippen LogP contribution in [0.2, 0.25) is 0 Å². The number of rotatable bonds is 8. The monoisotopic (exact) mass is 462 g/mol. The van der Waals surface area contributed by atoms with Gasteiger partial charge in [-0.25, -0.2) is 4.79 Å². The molecule has 3 rings (SSSR count). The van der Waals surface area contributed by atoms with Crippen molar-refractivity contribution in [1.29, 1.82) is 0 Å². The van der Waals surface area contributed by atoms with Crippen LogP contribution in [0.3, 0.4) is 0 Å². The molecule has 3 aromatic rings. The standard InChI is InChI=1S/C27H26O7/c1-27(2,3)34-25(30)15-6-17-4-7-18(8-5-17)22(28)13-10-20-11-14-24(33-20)19-9-12-23(29)21(16-19)26(31)32/h4-5,7-14,16,29H,6,15H2,1-3H3,(H,31,32)/b13-10+. The molecule has 0 amide bonds. The summed E-state index contributed by atoms with van der Waals surface area (Å²) in [7, 11) is 0. The summed E-state index contributed by atoms with van der Waals surface area (Å²) in [6.07, 6.45) is 3.70. The number of aryl methyl sites for hydroxylation is 1. The van der Waals surface area contributed by atoms with E-state index in [1.54, 1.807) is 42.5 Å². The van der Waals surface area contributed by atoms with Gasteiger partial charge in [-0.1, -0.05) is 24.3 Å². The molecule has 0 bridgehead atoms. The zero-order chi connectivity index (χ0) is 24.9. The van der Waals surface area contributed by atoms with E-state index in [4.69, 9.17) is 14.3 Å². The number of hydrogen-bond acceptors (Lipinski definition) is 6. The van der Waals surface area contributed by atoms with Crippen LogP contribution in [-0.2, 0) is 16.0 Å². The fourth-order valence-electron chi connectivity index (χ4n) is 3.19. The molecule has 2 N–H and O–H groups in total. The van der Waals surface area contributed by atoms with Gasteiger partial charge in [-0.05, 0) is 75.2 Å². The number of carboxylic acids is 1. The fraction of sp³-hybridized carbons (Fsp3) is 0.222. The van der Waals surface area contributed by atoms with Gasteiger partial charge < -0.3 is 19.4 Å². The molecule has 34 heavy (non-hydrogen) atoms. The molecule has 176 valence electrons. The third kappa shape index (κ3) is 6.68.